The molecule has 0 amide bonds. The quantitative estimate of drug-likeness (QED) is 0.846. The average Bonchev–Trinajstić information content (AvgIpc) is 2.32. The topological polar surface area (TPSA) is 48.7 Å². The smallest absolute Gasteiger partial charge is 0.127 e. The first-order valence-electron chi connectivity index (χ1n) is 6.24. The van der Waals surface area contributed by atoms with Gasteiger partial charge in [0.15, 0.2) is 0 Å². The van der Waals surface area contributed by atoms with Crippen LogP contribution in [-0.4, -0.2) is 11.0 Å². The SMILES string of the molecule is CC1(C)CCCCC1Nc1cc(C#N)ccn1. The Morgan fingerprint density at radius 3 is 3.00 bits per heavy atom. The van der Waals surface area contributed by atoms with E-state index in [0.29, 0.717) is 17.0 Å². The maximum atomic E-state index is 8.87. The van der Waals surface area contributed by atoms with Gasteiger partial charge in [0.25, 0.3) is 0 Å². The first-order valence-corrected chi connectivity index (χ1v) is 6.24. The first-order chi connectivity index (χ1) is 8.12. The van der Waals surface area contributed by atoms with Crippen molar-refractivity contribution < 1.29 is 0 Å². The normalized spacial score (nSPS) is 22.8. The highest BCUT2D eigenvalue weighted by Gasteiger charge is 2.32. The summed E-state index contributed by atoms with van der Waals surface area (Å²) in [5.74, 6) is 0.823. The Bertz CT molecular complexity index is 431. The number of rotatable bonds is 2. The lowest BCUT2D eigenvalue weighted by atomic mass is 9.73. The number of hydrogen-bond donors (Lipinski definition) is 1. The van der Waals surface area contributed by atoms with E-state index < -0.39 is 0 Å². The standard InChI is InChI=1S/C14H19N3/c1-14(2)7-4-3-5-12(14)17-13-9-11(10-15)6-8-16-13/h6,8-9,12H,3-5,7H2,1-2H3,(H,16,17). The molecule has 0 saturated heterocycles. The van der Waals surface area contributed by atoms with E-state index in [1.807, 2.05) is 6.07 Å². The number of nitrogens with zero attached hydrogens (tertiary/aromatic N) is 2. The highest BCUT2D eigenvalue weighted by Crippen LogP contribution is 2.36. The average molecular weight is 229 g/mol. The van der Waals surface area contributed by atoms with Gasteiger partial charge < -0.3 is 5.32 Å². The molecule has 0 bridgehead atoms. The number of aromatic nitrogens is 1. The van der Waals surface area contributed by atoms with Gasteiger partial charge in [0.1, 0.15) is 5.82 Å². The number of nitriles is 1. The fraction of sp³-hybridized carbons (Fsp3) is 0.571. The molecule has 17 heavy (non-hydrogen) atoms. The number of pyridine rings is 1. The predicted molar refractivity (Wildman–Crippen MR) is 68.6 cm³/mol. The van der Waals surface area contributed by atoms with Crippen LogP contribution in [0.5, 0.6) is 0 Å². The molecule has 2 rings (SSSR count). The van der Waals surface area contributed by atoms with Crippen LogP contribution in [0.3, 0.4) is 0 Å². The van der Waals surface area contributed by atoms with Crippen LogP contribution in [0, 0.1) is 16.7 Å². The second-order valence-electron chi connectivity index (χ2n) is 5.47. The Morgan fingerprint density at radius 2 is 2.29 bits per heavy atom. The minimum atomic E-state index is 0.308. The third-order valence-electron chi connectivity index (χ3n) is 3.72. The molecule has 3 nitrogen and oxygen atoms in total. The van der Waals surface area contributed by atoms with Crippen molar-refractivity contribution >= 4 is 5.82 Å². The maximum absolute atomic E-state index is 8.87. The molecule has 3 heteroatoms. The van der Waals surface area contributed by atoms with Gasteiger partial charge >= 0.3 is 0 Å². The molecule has 1 aliphatic rings. The Morgan fingerprint density at radius 1 is 1.47 bits per heavy atom. The van der Waals surface area contributed by atoms with Crippen LogP contribution < -0.4 is 5.32 Å². The van der Waals surface area contributed by atoms with E-state index in [2.05, 4.69) is 30.2 Å². The zero-order valence-corrected chi connectivity index (χ0v) is 10.5. The number of anilines is 1. The monoisotopic (exact) mass is 229 g/mol. The van der Waals surface area contributed by atoms with E-state index in [1.54, 1.807) is 12.3 Å². The Kier molecular flexibility index (Phi) is 3.33. The number of nitrogens with one attached hydrogen (secondary N) is 1. The molecule has 1 atom stereocenters. The van der Waals surface area contributed by atoms with E-state index in [0.717, 1.165) is 5.82 Å². The fourth-order valence-corrected chi connectivity index (χ4v) is 2.52. The van der Waals surface area contributed by atoms with E-state index in [4.69, 9.17) is 5.26 Å². The molecule has 1 fully saturated rings. The molecule has 90 valence electrons. The van der Waals surface area contributed by atoms with Crippen molar-refractivity contribution in [3.63, 3.8) is 0 Å². The van der Waals surface area contributed by atoms with Crippen molar-refractivity contribution in [2.75, 3.05) is 5.32 Å². The van der Waals surface area contributed by atoms with E-state index >= 15 is 0 Å². The lowest BCUT2D eigenvalue weighted by Gasteiger charge is -2.39. The fourth-order valence-electron chi connectivity index (χ4n) is 2.52. The highest BCUT2D eigenvalue weighted by atomic mass is 15.0. The lowest BCUT2D eigenvalue weighted by Crippen LogP contribution is -2.39. The zero-order valence-electron chi connectivity index (χ0n) is 10.5. The molecule has 0 aliphatic heterocycles. The summed E-state index contributed by atoms with van der Waals surface area (Å²) in [5, 5.41) is 12.3. The van der Waals surface area contributed by atoms with Crippen molar-refractivity contribution in [1.82, 2.24) is 4.98 Å². The Balaban J connectivity index is 2.12. The molecule has 1 saturated carbocycles. The van der Waals surface area contributed by atoms with Gasteiger partial charge in [0, 0.05) is 12.2 Å². The third-order valence-corrected chi connectivity index (χ3v) is 3.72. The predicted octanol–water partition coefficient (Wildman–Crippen LogP) is 3.33. The molecule has 0 radical (unpaired) electrons. The molecule has 1 aromatic heterocycles. The molecule has 1 unspecified atom stereocenters. The zero-order chi connectivity index (χ0) is 12.3. The van der Waals surface area contributed by atoms with Crippen molar-refractivity contribution in [2.45, 2.75) is 45.6 Å². The minimum Gasteiger partial charge on any atom is -0.367 e. The number of hydrogen-bond acceptors (Lipinski definition) is 3. The van der Waals surface area contributed by atoms with Crippen molar-refractivity contribution in [2.24, 2.45) is 5.41 Å². The summed E-state index contributed by atoms with van der Waals surface area (Å²) in [5.41, 5.74) is 0.971. The Labute approximate surface area is 103 Å². The van der Waals surface area contributed by atoms with Crippen LogP contribution in [0.1, 0.15) is 45.1 Å². The van der Waals surface area contributed by atoms with Gasteiger partial charge in [0.2, 0.25) is 0 Å². The lowest BCUT2D eigenvalue weighted by molar-refractivity contribution is 0.216. The first kappa shape index (κ1) is 11.9. The summed E-state index contributed by atoms with van der Waals surface area (Å²) in [6.07, 6.45) is 6.72. The molecule has 1 aromatic rings. The van der Waals surface area contributed by atoms with Gasteiger partial charge in [-0.3, -0.25) is 0 Å². The van der Waals surface area contributed by atoms with Crippen molar-refractivity contribution in [1.29, 1.82) is 5.26 Å². The summed E-state index contributed by atoms with van der Waals surface area (Å²) in [7, 11) is 0. The third kappa shape index (κ3) is 2.76. The second-order valence-corrected chi connectivity index (χ2v) is 5.47. The second kappa shape index (κ2) is 4.75. The van der Waals surface area contributed by atoms with Gasteiger partial charge in [0.05, 0.1) is 11.6 Å². The summed E-state index contributed by atoms with van der Waals surface area (Å²) >= 11 is 0. The Hall–Kier alpha value is -1.56. The van der Waals surface area contributed by atoms with Crippen molar-refractivity contribution in [3.8, 4) is 6.07 Å². The van der Waals surface area contributed by atoms with Gasteiger partial charge in [-0.2, -0.15) is 5.26 Å². The summed E-state index contributed by atoms with van der Waals surface area (Å²) < 4.78 is 0. The van der Waals surface area contributed by atoms with E-state index in [-0.39, 0.29) is 0 Å². The van der Waals surface area contributed by atoms with Crippen molar-refractivity contribution in [3.05, 3.63) is 23.9 Å². The largest absolute Gasteiger partial charge is 0.367 e. The van der Waals surface area contributed by atoms with Gasteiger partial charge in [-0.15, -0.1) is 0 Å². The van der Waals surface area contributed by atoms with E-state index in [9.17, 15) is 0 Å². The molecule has 0 spiro atoms. The summed E-state index contributed by atoms with van der Waals surface area (Å²) in [4.78, 5) is 4.28. The maximum Gasteiger partial charge on any atom is 0.127 e. The van der Waals surface area contributed by atoms with Crippen LogP contribution in [0.2, 0.25) is 0 Å². The molecular weight excluding hydrogens is 210 g/mol. The molecule has 0 aromatic carbocycles. The minimum absolute atomic E-state index is 0.308. The van der Waals surface area contributed by atoms with E-state index in [1.165, 1.54) is 25.7 Å². The van der Waals surface area contributed by atoms with Crippen LogP contribution in [-0.2, 0) is 0 Å². The highest BCUT2D eigenvalue weighted by molar-refractivity contribution is 5.43. The van der Waals surface area contributed by atoms with Crippen LogP contribution in [0.4, 0.5) is 5.82 Å². The summed E-state index contributed by atoms with van der Waals surface area (Å²) in [6, 6.07) is 6.16. The molecule has 1 heterocycles. The van der Waals surface area contributed by atoms with Crippen LogP contribution in [0.25, 0.3) is 0 Å². The molecule has 1 N–H and O–H groups in total. The summed E-state index contributed by atoms with van der Waals surface area (Å²) in [6.45, 7) is 4.61. The van der Waals surface area contributed by atoms with Crippen LogP contribution in [0.15, 0.2) is 18.3 Å². The van der Waals surface area contributed by atoms with Gasteiger partial charge in [-0.05, 0) is 30.4 Å². The van der Waals surface area contributed by atoms with Crippen LogP contribution >= 0.6 is 0 Å². The molecule has 1 aliphatic carbocycles. The molecular formula is C14H19N3. The van der Waals surface area contributed by atoms with Gasteiger partial charge in [-0.1, -0.05) is 26.7 Å². The van der Waals surface area contributed by atoms with Gasteiger partial charge in [-0.25, -0.2) is 4.98 Å².